The van der Waals surface area contributed by atoms with Crippen LogP contribution in [0.4, 0.5) is 0 Å². The van der Waals surface area contributed by atoms with Crippen molar-refractivity contribution < 1.29 is 8.42 Å². The van der Waals surface area contributed by atoms with E-state index in [4.69, 9.17) is 11.6 Å². The third-order valence-electron chi connectivity index (χ3n) is 2.49. The van der Waals surface area contributed by atoms with Crippen molar-refractivity contribution in [2.45, 2.75) is 11.4 Å². The zero-order chi connectivity index (χ0) is 13.9. The van der Waals surface area contributed by atoms with E-state index in [1.54, 1.807) is 24.3 Å². The molecule has 0 aliphatic rings. The van der Waals surface area contributed by atoms with Gasteiger partial charge >= 0.3 is 0 Å². The summed E-state index contributed by atoms with van der Waals surface area (Å²) in [6, 6.07) is 8.04. The van der Waals surface area contributed by atoms with Gasteiger partial charge < -0.3 is 4.98 Å². The Balaban J connectivity index is 2.22. The molecule has 2 N–H and O–H groups in total. The van der Waals surface area contributed by atoms with E-state index in [-0.39, 0.29) is 11.4 Å². The van der Waals surface area contributed by atoms with Crippen molar-refractivity contribution in [3.63, 3.8) is 0 Å². The second-order valence-electron chi connectivity index (χ2n) is 3.79. The Morgan fingerprint density at radius 2 is 1.95 bits per heavy atom. The van der Waals surface area contributed by atoms with E-state index in [0.717, 1.165) is 12.3 Å². The fraction of sp³-hybridized carbons (Fsp3) is 0.0833. The lowest BCUT2D eigenvalue weighted by Gasteiger charge is -2.07. The van der Waals surface area contributed by atoms with Crippen LogP contribution in [0.5, 0.6) is 0 Å². The number of halogens is 1. The number of pyridine rings is 1. The molecule has 1 aromatic carbocycles. The molecule has 1 heterocycles. The Hall–Kier alpha value is -1.63. The first kappa shape index (κ1) is 13.8. The molecular formula is C12H11ClN2O3S. The lowest BCUT2D eigenvalue weighted by molar-refractivity contribution is 0.580. The predicted octanol–water partition coefficient (Wildman–Crippen LogP) is 1.51. The van der Waals surface area contributed by atoms with Crippen LogP contribution < -0.4 is 10.2 Å². The summed E-state index contributed by atoms with van der Waals surface area (Å²) in [6.45, 7) is 0.0241. The molecule has 5 nitrogen and oxygen atoms in total. The molecule has 0 aliphatic heterocycles. The molecule has 0 aliphatic carbocycles. The molecule has 0 saturated heterocycles. The first-order chi connectivity index (χ1) is 9.00. The summed E-state index contributed by atoms with van der Waals surface area (Å²) in [6.07, 6.45) is 2.52. The van der Waals surface area contributed by atoms with Crippen LogP contribution in [0.15, 0.2) is 52.4 Å². The molecule has 19 heavy (non-hydrogen) atoms. The van der Waals surface area contributed by atoms with Gasteiger partial charge in [-0.05, 0) is 11.6 Å². The Morgan fingerprint density at radius 1 is 1.21 bits per heavy atom. The molecule has 0 atom stereocenters. The van der Waals surface area contributed by atoms with Gasteiger partial charge in [0.1, 0.15) is 4.90 Å². The van der Waals surface area contributed by atoms with E-state index in [2.05, 4.69) is 9.71 Å². The normalized spacial score (nSPS) is 11.4. The zero-order valence-electron chi connectivity index (χ0n) is 9.76. The average Bonchev–Trinajstić information content (AvgIpc) is 2.38. The number of hydrogen-bond acceptors (Lipinski definition) is 3. The molecule has 7 heteroatoms. The highest BCUT2D eigenvalue weighted by molar-refractivity contribution is 7.89. The number of hydrogen-bond donors (Lipinski definition) is 2. The Bertz CT molecular complexity index is 740. The van der Waals surface area contributed by atoms with Crippen LogP contribution >= 0.6 is 11.6 Å². The van der Waals surface area contributed by atoms with Crippen molar-refractivity contribution in [1.82, 2.24) is 9.71 Å². The lowest BCUT2D eigenvalue weighted by Crippen LogP contribution is -2.28. The van der Waals surface area contributed by atoms with Gasteiger partial charge in [-0.1, -0.05) is 29.8 Å². The van der Waals surface area contributed by atoms with Gasteiger partial charge in [0.15, 0.2) is 0 Å². The molecule has 2 rings (SSSR count). The van der Waals surface area contributed by atoms with Crippen molar-refractivity contribution in [2.24, 2.45) is 0 Å². The predicted molar refractivity (Wildman–Crippen MR) is 72.5 cm³/mol. The van der Waals surface area contributed by atoms with Crippen LogP contribution in [-0.4, -0.2) is 13.4 Å². The van der Waals surface area contributed by atoms with E-state index >= 15 is 0 Å². The maximum atomic E-state index is 12.0. The first-order valence-electron chi connectivity index (χ1n) is 5.41. The largest absolute Gasteiger partial charge is 0.366 e. The standard InChI is InChI=1S/C12H11ClN2O3S/c13-10-4-2-1-3-9(10)7-15-19(17,18)12-8-14-6-5-11(12)16/h1-6,8,15H,7H2,(H,14,16). The third kappa shape index (κ3) is 3.23. The monoisotopic (exact) mass is 298 g/mol. The van der Waals surface area contributed by atoms with E-state index in [1.165, 1.54) is 6.20 Å². The maximum absolute atomic E-state index is 12.0. The van der Waals surface area contributed by atoms with Crippen LogP contribution in [-0.2, 0) is 16.6 Å². The van der Waals surface area contributed by atoms with Crippen molar-refractivity contribution in [1.29, 1.82) is 0 Å². The molecule has 0 amide bonds. The molecule has 0 fully saturated rings. The van der Waals surface area contributed by atoms with Crippen LogP contribution in [0.3, 0.4) is 0 Å². The van der Waals surface area contributed by atoms with Crippen LogP contribution in [0.25, 0.3) is 0 Å². The highest BCUT2D eigenvalue weighted by Gasteiger charge is 2.17. The maximum Gasteiger partial charge on any atom is 0.246 e. The Kier molecular flexibility index (Phi) is 4.04. The van der Waals surface area contributed by atoms with Gasteiger partial charge in [-0.2, -0.15) is 0 Å². The van der Waals surface area contributed by atoms with Crippen LogP contribution in [0.1, 0.15) is 5.56 Å². The van der Waals surface area contributed by atoms with Crippen molar-refractivity contribution in [3.8, 4) is 0 Å². The number of H-pyrrole nitrogens is 1. The fourth-order valence-electron chi connectivity index (χ4n) is 1.50. The van der Waals surface area contributed by atoms with E-state index in [1.807, 2.05) is 0 Å². The number of aromatic nitrogens is 1. The summed E-state index contributed by atoms with van der Waals surface area (Å²) in [5.74, 6) is 0. The number of benzene rings is 1. The molecule has 0 unspecified atom stereocenters. The number of nitrogens with one attached hydrogen (secondary N) is 2. The molecule has 0 saturated carbocycles. The zero-order valence-corrected chi connectivity index (χ0v) is 11.3. The number of sulfonamides is 1. The third-order valence-corrected chi connectivity index (χ3v) is 4.28. The van der Waals surface area contributed by atoms with Crippen molar-refractivity contribution >= 4 is 21.6 Å². The molecule has 0 spiro atoms. The van der Waals surface area contributed by atoms with E-state index < -0.39 is 15.5 Å². The molecule has 2 aromatic rings. The van der Waals surface area contributed by atoms with Crippen molar-refractivity contribution in [2.75, 3.05) is 0 Å². The summed E-state index contributed by atoms with van der Waals surface area (Å²) < 4.78 is 26.3. The average molecular weight is 299 g/mol. The topological polar surface area (TPSA) is 79.0 Å². The minimum absolute atomic E-state index is 0.0241. The molecule has 0 bridgehead atoms. The summed E-state index contributed by atoms with van der Waals surface area (Å²) in [4.78, 5) is 13.7. The second-order valence-corrected chi connectivity index (χ2v) is 5.93. The first-order valence-corrected chi connectivity index (χ1v) is 7.27. The van der Waals surface area contributed by atoms with E-state index in [0.29, 0.717) is 10.6 Å². The molecule has 1 aromatic heterocycles. The van der Waals surface area contributed by atoms with Gasteiger partial charge in [0, 0.05) is 30.0 Å². The molecule has 100 valence electrons. The SMILES string of the molecule is O=c1cc[nH]cc1S(=O)(=O)NCc1ccccc1Cl. The summed E-state index contributed by atoms with van der Waals surface area (Å²) >= 11 is 5.93. The van der Waals surface area contributed by atoms with Gasteiger partial charge in [-0.25, -0.2) is 13.1 Å². The Labute approximate surface area is 115 Å². The highest BCUT2D eigenvalue weighted by Crippen LogP contribution is 2.15. The van der Waals surface area contributed by atoms with Gasteiger partial charge in [0.2, 0.25) is 15.5 Å². The minimum Gasteiger partial charge on any atom is -0.366 e. The van der Waals surface area contributed by atoms with Crippen molar-refractivity contribution in [3.05, 3.63) is 63.5 Å². The fourth-order valence-corrected chi connectivity index (χ4v) is 2.76. The summed E-state index contributed by atoms with van der Waals surface area (Å²) in [5.41, 5.74) is 0.0745. The van der Waals surface area contributed by atoms with Crippen LogP contribution in [0, 0.1) is 0 Å². The number of rotatable bonds is 4. The van der Waals surface area contributed by atoms with E-state index in [9.17, 15) is 13.2 Å². The van der Waals surface area contributed by atoms with Gasteiger partial charge in [-0.15, -0.1) is 0 Å². The smallest absolute Gasteiger partial charge is 0.246 e. The van der Waals surface area contributed by atoms with Gasteiger partial charge in [-0.3, -0.25) is 4.79 Å². The second kappa shape index (κ2) is 5.56. The summed E-state index contributed by atoms with van der Waals surface area (Å²) in [7, 11) is -3.86. The highest BCUT2D eigenvalue weighted by atomic mass is 35.5. The Morgan fingerprint density at radius 3 is 2.63 bits per heavy atom. The van der Waals surface area contributed by atoms with Gasteiger partial charge in [0.05, 0.1) is 0 Å². The van der Waals surface area contributed by atoms with Gasteiger partial charge in [0.25, 0.3) is 0 Å². The molecule has 0 radical (unpaired) electrons. The summed E-state index contributed by atoms with van der Waals surface area (Å²) in [5, 5.41) is 0.465. The van der Waals surface area contributed by atoms with Crippen LogP contribution in [0.2, 0.25) is 5.02 Å². The quantitative estimate of drug-likeness (QED) is 0.898. The minimum atomic E-state index is -3.86. The number of aromatic amines is 1. The lowest BCUT2D eigenvalue weighted by atomic mass is 10.2. The molecular weight excluding hydrogens is 288 g/mol.